The molecule has 26 heavy (non-hydrogen) atoms. The summed E-state index contributed by atoms with van der Waals surface area (Å²) < 4.78 is 0. The van der Waals surface area contributed by atoms with Crippen LogP contribution in [0.15, 0.2) is 30.3 Å². The minimum absolute atomic E-state index is 0.195. The Balaban J connectivity index is 1.42. The van der Waals surface area contributed by atoms with Crippen molar-refractivity contribution < 1.29 is 9.90 Å². The highest BCUT2D eigenvalue weighted by Gasteiger charge is 2.54. The first-order valence-electron chi connectivity index (χ1n) is 10.4. The topological polar surface area (TPSA) is 43.8 Å². The molecule has 0 radical (unpaired) electrons. The van der Waals surface area contributed by atoms with Crippen molar-refractivity contribution in [3.05, 3.63) is 35.9 Å². The van der Waals surface area contributed by atoms with Crippen molar-refractivity contribution in [3.63, 3.8) is 0 Å². The monoisotopic (exact) mass is 356 g/mol. The number of hydrogen-bond acceptors (Lipinski definition) is 3. The number of carbonyl (C=O) groups is 1. The summed E-state index contributed by atoms with van der Waals surface area (Å²) in [6, 6.07) is 10.3. The van der Waals surface area contributed by atoms with Gasteiger partial charge in [-0.3, -0.25) is 4.79 Å². The minimum Gasteiger partial charge on any atom is -0.396 e. The van der Waals surface area contributed by atoms with Gasteiger partial charge in [0.2, 0.25) is 5.91 Å². The van der Waals surface area contributed by atoms with Crippen LogP contribution in [0.3, 0.4) is 0 Å². The van der Waals surface area contributed by atoms with Crippen LogP contribution < -0.4 is 0 Å². The average Bonchev–Trinajstić information content (AvgIpc) is 3.44. The number of rotatable bonds is 5. The molecule has 4 nitrogen and oxygen atoms in total. The molecule has 2 unspecified atom stereocenters. The van der Waals surface area contributed by atoms with E-state index in [9.17, 15) is 9.90 Å². The maximum Gasteiger partial charge on any atom is 0.233 e. The van der Waals surface area contributed by atoms with Gasteiger partial charge in [-0.25, -0.2) is 0 Å². The Bertz CT molecular complexity index is 606. The van der Waals surface area contributed by atoms with Gasteiger partial charge in [0.15, 0.2) is 0 Å². The van der Waals surface area contributed by atoms with Crippen LogP contribution in [0.5, 0.6) is 0 Å². The Morgan fingerprint density at radius 1 is 1.00 bits per heavy atom. The van der Waals surface area contributed by atoms with Crippen LogP contribution in [-0.2, 0) is 10.2 Å². The number of amides is 1. The van der Waals surface area contributed by atoms with E-state index >= 15 is 0 Å². The molecular formula is C22H32N2O2. The smallest absolute Gasteiger partial charge is 0.233 e. The van der Waals surface area contributed by atoms with Gasteiger partial charge in [0, 0.05) is 32.2 Å². The molecule has 3 fully saturated rings. The van der Waals surface area contributed by atoms with Gasteiger partial charge in [-0.05, 0) is 50.3 Å². The van der Waals surface area contributed by atoms with E-state index < -0.39 is 0 Å². The Kier molecular flexibility index (Phi) is 5.32. The summed E-state index contributed by atoms with van der Waals surface area (Å²) in [5, 5.41) is 9.90. The SMILES string of the molecule is O=C(N1CC(CO)C(CN2CCCCCC2)C1)C1(c2ccccc2)CC1. The van der Waals surface area contributed by atoms with Gasteiger partial charge in [0.1, 0.15) is 0 Å². The first-order valence-corrected chi connectivity index (χ1v) is 10.4. The predicted octanol–water partition coefficient (Wildman–Crippen LogP) is 2.66. The van der Waals surface area contributed by atoms with E-state index in [4.69, 9.17) is 0 Å². The highest BCUT2D eigenvalue weighted by atomic mass is 16.3. The van der Waals surface area contributed by atoms with Crippen LogP contribution in [0.4, 0.5) is 0 Å². The summed E-state index contributed by atoms with van der Waals surface area (Å²) in [5.41, 5.74) is 0.889. The number of aliphatic hydroxyl groups is 1. The molecule has 0 bridgehead atoms. The number of benzene rings is 1. The summed E-state index contributed by atoms with van der Waals surface area (Å²) in [6.45, 7) is 5.12. The lowest BCUT2D eigenvalue weighted by Gasteiger charge is -2.26. The average molecular weight is 357 g/mol. The van der Waals surface area contributed by atoms with Crippen molar-refractivity contribution >= 4 is 5.91 Å². The molecule has 1 aromatic carbocycles. The molecule has 3 aliphatic rings. The summed E-state index contributed by atoms with van der Waals surface area (Å²) >= 11 is 0. The first kappa shape index (κ1) is 18.0. The normalized spacial score (nSPS) is 28.7. The fraction of sp³-hybridized carbons (Fsp3) is 0.682. The third-order valence-corrected chi connectivity index (χ3v) is 6.78. The van der Waals surface area contributed by atoms with Crippen molar-refractivity contribution in [3.8, 4) is 0 Å². The molecule has 142 valence electrons. The van der Waals surface area contributed by atoms with Crippen molar-refractivity contribution in [2.45, 2.75) is 43.9 Å². The van der Waals surface area contributed by atoms with E-state index in [1.54, 1.807) is 0 Å². The summed E-state index contributed by atoms with van der Waals surface area (Å²) in [6.07, 6.45) is 7.19. The van der Waals surface area contributed by atoms with Crippen LogP contribution in [0.25, 0.3) is 0 Å². The van der Waals surface area contributed by atoms with Crippen molar-refractivity contribution in [2.75, 3.05) is 39.3 Å². The largest absolute Gasteiger partial charge is 0.396 e. The zero-order valence-corrected chi connectivity index (χ0v) is 15.8. The molecule has 2 atom stereocenters. The number of aliphatic hydroxyl groups excluding tert-OH is 1. The maximum absolute atomic E-state index is 13.3. The second-order valence-corrected chi connectivity index (χ2v) is 8.58. The van der Waals surface area contributed by atoms with Gasteiger partial charge in [-0.1, -0.05) is 43.2 Å². The van der Waals surface area contributed by atoms with E-state index in [1.807, 2.05) is 18.2 Å². The Morgan fingerprint density at radius 2 is 1.65 bits per heavy atom. The third-order valence-electron chi connectivity index (χ3n) is 6.78. The molecule has 0 aromatic heterocycles. The van der Waals surface area contributed by atoms with E-state index in [1.165, 1.54) is 44.3 Å². The molecule has 1 aromatic rings. The standard InChI is InChI=1S/C22H32N2O2/c25-17-19-16-24(15-18(19)14-23-12-6-1-2-7-13-23)21(26)22(10-11-22)20-8-4-3-5-9-20/h3-5,8-9,18-19,25H,1-2,6-7,10-17H2. The first-order chi connectivity index (χ1) is 12.7. The van der Waals surface area contributed by atoms with E-state index in [0.717, 1.165) is 32.5 Å². The Morgan fingerprint density at radius 3 is 2.27 bits per heavy atom. The number of nitrogens with zero attached hydrogens (tertiary/aromatic N) is 2. The van der Waals surface area contributed by atoms with E-state index in [2.05, 4.69) is 21.9 Å². The second kappa shape index (κ2) is 7.69. The quantitative estimate of drug-likeness (QED) is 0.882. The lowest BCUT2D eigenvalue weighted by Crippen LogP contribution is -2.39. The highest BCUT2D eigenvalue weighted by Crippen LogP contribution is 2.50. The molecule has 1 aliphatic carbocycles. The van der Waals surface area contributed by atoms with Gasteiger partial charge in [-0.15, -0.1) is 0 Å². The number of carbonyl (C=O) groups excluding carboxylic acids is 1. The van der Waals surface area contributed by atoms with Crippen molar-refractivity contribution in [1.29, 1.82) is 0 Å². The molecular weight excluding hydrogens is 324 g/mol. The van der Waals surface area contributed by atoms with Gasteiger partial charge >= 0.3 is 0 Å². The molecule has 2 heterocycles. The van der Waals surface area contributed by atoms with E-state index in [0.29, 0.717) is 11.8 Å². The highest BCUT2D eigenvalue weighted by molar-refractivity contribution is 5.91. The fourth-order valence-electron chi connectivity index (χ4n) is 4.98. The van der Waals surface area contributed by atoms with Crippen molar-refractivity contribution in [1.82, 2.24) is 9.80 Å². The van der Waals surface area contributed by atoms with Crippen LogP contribution in [-0.4, -0.2) is 60.1 Å². The molecule has 4 heteroatoms. The summed E-state index contributed by atoms with van der Waals surface area (Å²) in [7, 11) is 0. The zero-order chi connectivity index (χ0) is 18.0. The lowest BCUT2D eigenvalue weighted by molar-refractivity contribution is -0.133. The number of likely N-dealkylation sites (tertiary alicyclic amines) is 2. The minimum atomic E-state index is -0.279. The predicted molar refractivity (Wildman–Crippen MR) is 103 cm³/mol. The van der Waals surface area contributed by atoms with Crippen LogP contribution in [0.2, 0.25) is 0 Å². The van der Waals surface area contributed by atoms with Gasteiger partial charge in [0.25, 0.3) is 0 Å². The van der Waals surface area contributed by atoms with Crippen molar-refractivity contribution in [2.24, 2.45) is 11.8 Å². The molecule has 1 saturated carbocycles. The fourth-order valence-corrected chi connectivity index (χ4v) is 4.98. The van der Waals surface area contributed by atoms with Gasteiger partial charge in [-0.2, -0.15) is 0 Å². The molecule has 0 spiro atoms. The number of hydrogen-bond donors (Lipinski definition) is 1. The molecule has 4 rings (SSSR count). The molecule has 1 N–H and O–H groups in total. The van der Waals surface area contributed by atoms with Crippen LogP contribution in [0.1, 0.15) is 44.1 Å². The van der Waals surface area contributed by atoms with Crippen LogP contribution >= 0.6 is 0 Å². The maximum atomic E-state index is 13.3. The Labute approximate surface area is 157 Å². The second-order valence-electron chi connectivity index (χ2n) is 8.58. The van der Waals surface area contributed by atoms with E-state index in [-0.39, 0.29) is 17.9 Å². The Hall–Kier alpha value is -1.39. The van der Waals surface area contributed by atoms with Gasteiger partial charge in [0.05, 0.1) is 5.41 Å². The molecule has 2 saturated heterocycles. The summed E-state index contributed by atoms with van der Waals surface area (Å²) in [4.78, 5) is 17.9. The molecule has 2 aliphatic heterocycles. The lowest BCUT2D eigenvalue weighted by atomic mass is 9.94. The van der Waals surface area contributed by atoms with Crippen LogP contribution in [0, 0.1) is 11.8 Å². The summed E-state index contributed by atoms with van der Waals surface area (Å²) in [5.74, 6) is 0.933. The molecule has 1 amide bonds. The third kappa shape index (κ3) is 3.54. The van der Waals surface area contributed by atoms with Gasteiger partial charge < -0.3 is 14.9 Å². The zero-order valence-electron chi connectivity index (χ0n) is 15.8.